The molecule has 0 radical (unpaired) electrons. The molecule has 1 amide bonds. The van der Waals surface area contributed by atoms with E-state index < -0.39 is 22.7 Å². The molecule has 2 aliphatic rings. The third kappa shape index (κ3) is 5.72. The van der Waals surface area contributed by atoms with E-state index in [0.717, 1.165) is 25.9 Å². The number of amides is 1. The highest BCUT2D eigenvalue weighted by Crippen LogP contribution is 2.50. The second-order valence-electron chi connectivity index (χ2n) is 7.57. The van der Waals surface area contributed by atoms with Crippen molar-refractivity contribution in [3.63, 3.8) is 0 Å². The highest BCUT2D eigenvalue weighted by Gasteiger charge is 2.56. The van der Waals surface area contributed by atoms with Crippen molar-refractivity contribution < 1.29 is 13.7 Å². The Bertz CT molecular complexity index is 429. The summed E-state index contributed by atoms with van der Waals surface area (Å²) in [5.74, 6) is 2.46. The fourth-order valence-corrected chi connectivity index (χ4v) is 4.58. The lowest BCUT2D eigenvalue weighted by Gasteiger charge is -2.23. The van der Waals surface area contributed by atoms with Gasteiger partial charge in [-0.3, -0.25) is 0 Å². The van der Waals surface area contributed by atoms with Gasteiger partial charge in [-0.25, -0.2) is 13.7 Å². The van der Waals surface area contributed by atoms with Crippen LogP contribution in [-0.4, -0.2) is 47.3 Å². The summed E-state index contributed by atoms with van der Waals surface area (Å²) < 4.78 is 20.7. The van der Waals surface area contributed by atoms with Gasteiger partial charge in [-0.1, -0.05) is 13.3 Å². The molecule has 0 spiro atoms. The monoisotopic (exact) mass is 345 g/mol. The Kier molecular flexibility index (Phi) is 6.45. The number of fused-ring (bicyclic) bond motifs is 1. The highest BCUT2D eigenvalue weighted by molar-refractivity contribution is 7.83. The first-order valence-corrected chi connectivity index (χ1v) is 9.96. The number of unbranched alkanes of at least 4 members (excludes halogenated alkanes) is 1. The van der Waals surface area contributed by atoms with Gasteiger partial charge in [0.05, 0.1) is 11.0 Å². The minimum Gasteiger partial charge on any atom is -0.444 e. The Morgan fingerprint density at radius 2 is 2.00 bits per heavy atom. The second kappa shape index (κ2) is 7.94. The number of rotatable bonds is 8. The normalized spacial score (nSPS) is 28.8. The van der Waals surface area contributed by atoms with Gasteiger partial charge in [0.2, 0.25) is 0 Å². The van der Waals surface area contributed by atoms with E-state index in [9.17, 15) is 9.00 Å². The number of nitrogens with one attached hydrogen (secondary N) is 3. The van der Waals surface area contributed by atoms with Crippen molar-refractivity contribution in [2.45, 2.75) is 52.2 Å². The van der Waals surface area contributed by atoms with Gasteiger partial charge in [-0.2, -0.15) is 0 Å². The molecular formula is C16H31N3O3S. The molecule has 2 rings (SSSR count). The summed E-state index contributed by atoms with van der Waals surface area (Å²) in [6, 6.07) is 0.0531. The van der Waals surface area contributed by atoms with Crippen molar-refractivity contribution in [3.8, 4) is 0 Å². The molecule has 4 atom stereocenters. The Morgan fingerprint density at radius 3 is 2.57 bits per heavy atom. The molecule has 1 aliphatic carbocycles. The summed E-state index contributed by atoms with van der Waals surface area (Å²) in [5, 5.41) is 6.21. The summed E-state index contributed by atoms with van der Waals surface area (Å²) in [4.78, 5) is 11.9. The predicted octanol–water partition coefficient (Wildman–Crippen LogP) is 1.40. The number of carbonyl (C=O) groups excluding carboxylic acids is 1. The molecule has 3 N–H and O–H groups in total. The number of ether oxygens (including phenoxy) is 1. The zero-order valence-corrected chi connectivity index (χ0v) is 15.5. The molecule has 6 nitrogen and oxygen atoms in total. The number of piperidine rings is 1. The molecule has 0 bridgehead atoms. The van der Waals surface area contributed by atoms with E-state index in [0.29, 0.717) is 30.1 Å². The van der Waals surface area contributed by atoms with Gasteiger partial charge in [0.15, 0.2) is 0 Å². The maximum atomic E-state index is 12.2. The van der Waals surface area contributed by atoms with E-state index >= 15 is 0 Å². The maximum absolute atomic E-state index is 12.2. The molecule has 1 saturated carbocycles. The minimum absolute atomic E-state index is 0.0531. The lowest BCUT2D eigenvalue weighted by Crippen LogP contribution is -2.46. The van der Waals surface area contributed by atoms with Crippen LogP contribution in [0, 0.1) is 17.8 Å². The van der Waals surface area contributed by atoms with E-state index in [-0.39, 0.29) is 6.04 Å². The van der Waals surface area contributed by atoms with Gasteiger partial charge >= 0.3 is 6.09 Å². The number of carbonyl (C=O) groups is 1. The molecule has 0 aromatic heterocycles. The zero-order valence-electron chi connectivity index (χ0n) is 14.7. The van der Waals surface area contributed by atoms with Crippen molar-refractivity contribution >= 4 is 17.1 Å². The molecular weight excluding hydrogens is 314 g/mol. The van der Waals surface area contributed by atoms with Crippen molar-refractivity contribution in [1.82, 2.24) is 15.4 Å². The Morgan fingerprint density at radius 1 is 1.35 bits per heavy atom. The Labute approximate surface area is 142 Å². The van der Waals surface area contributed by atoms with Gasteiger partial charge < -0.3 is 15.4 Å². The van der Waals surface area contributed by atoms with Crippen molar-refractivity contribution in [2.75, 3.05) is 25.4 Å². The number of alkyl carbamates (subject to hydrolysis) is 1. The Hall–Kier alpha value is -0.660. The molecule has 4 unspecified atom stereocenters. The van der Waals surface area contributed by atoms with Crippen molar-refractivity contribution in [1.29, 1.82) is 0 Å². The Balaban J connectivity index is 1.84. The average molecular weight is 346 g/mol. The maximum Gasteiger partial charge on any atom is 0.407 e. The lowest BCUT2D eigenvalue weighted by molar-refractivity contribution is 0.0521. The van der Waals surface area contributed by atoms with Crippen LogP contribution in [0.25, 0.3) is 0 Å². The number of hydrogen-bond acceptors (Lipinski definition) is 4. The van der Waals surface area contributed by atoms with Crippen LogP contribution >= 0.6 is 0 Å². The summed E-state index contributed by atoms with van der Waals surface area (Å²) >= 11 is 0. The number of hydrogen-bond donors (Lipinski definition) is 3. The fraction of sp³-hybridized carbons (Fsp3) is 0.938. The molecule has 134 valence electrons. The first-order valence-electron chi connectivity index (χ1n) is 8.64. The highest BCUT2D eigenvalue weighted by atomic mass is 32.2. The largest absolute Gasteiger partial charge is 0.444 e. The van der Waals surface area contributed by atoms with E-state index in [1.54, 1.807) is 0 Å². The summed E-state index contributed by atoms with van der Waals surface area (Å²) in [5.41, 5.74) is -0.503. The molecule has 23 heavy (non-hydrogen) atoms. The van der Waals surface area contributed by atoms with Gasteiger partial charge in [0.25, 0.3) is 0 Å². The molecule has 0 aromatic rings. The van der Waals surface area contributed by atoms with Crippen molar-refractivity contribution in [3.05, 3.63) is 0 Å². The van der Waals surface area contributed by atoms with Gasteiger partial charge in [0.1, 0.15) is 5.60 Å². The zero-order chi connectivity index (χ0) is 17.0. The van der Waals surface area contributed by atoms with Gasteiger partial charge in [0, 0.05) is 18.3 Å². The van der Waals surface area contributed by atoms with Crippen LogP contribution in [0.15, 0.2) is 0 Å². The van der Waals surface area contributed by atoms with E-state index in [1.165, 1.54) is 0 Å². The molecule has 2 fully saturated rings. The molecule has 1 saturated heterocycles. The summed E-state index contributed by atoms with van der Waals surface area (Å²) in [6.07, 6.45) is 1.57. The van der Waals surface area contributed by atoms with Crippen LogP contribution in [0.4, 0.5) is 4.79 Å². The molecule has 7 heteroatoms. The molecule has 1 aliphatic heterocycles. The first kappa shape index (κ1) is 18.7. The summed E-state index contributed by atoms with van der Waals surface area (Å²) in [7, 11) is -1.03. The standard InChI is InChI=1S/C16H31N3O3S/c1-5-6-7-23(21)19-13(14-11-8-17-9-12(11)14)10-18-15(20)22-16(2,3)4/h11-14,17,19H,5-10H2,1-4H3,(H,18,20). The van der Waals surface area contributed by atoms with Crippen LogP contribution in [-0.2, 0) is 15.7 Å². The SMILES string of the molecule is CCCCS(=O)NC(CNC(=O)OC(C)(C)C)C1C2CNCC21. The average Bonchev–Trinajstić information content (AvgIpc) is 2.91. The third-order valence-corrected chi connectivity index (χ3v) is 5.68. The quantitative estimate of drug-likeness (QED) is 0.621. The third-order valence-electron chi connectivity index (χ3n) is 4.45. The molecule has 1 heterocycles. The van der Waals surface area contributed by atoms with Gasteiger partial charge in [-0.05, 0) is 58.0 Å². The summed E-state index contributed by atoms with van der Waals surface area (Å²) in [6.45, 7) is 10.2. The van der Waals surface area contributed by atoms with Crippen LogP contribution in [0.5, 0.6) is 0 Å². The van der Waals surface area contributed by atoms with Crippen LogP contribution in [0.3, 0.4) is 0 Å². The second-order valence-corrected chi connectivity index (χ2v) is 8.91. The van der Waals surface area contributed by atoms with E-state index in [2.05, 4.69) is 22.3 Å². The lowest BCUT2D eigenvalue weighted by atomic mass is 10.1. The fourth-order valence-electron chi connectivity index (χ4n) is 3.33. The van der Waals surface area contributed by atoms with Crippen LogP contribution < -0.4 is 15.4 Å². The molecule has 0 aromatic carbocycles. The van der Waals surface area contributed by atoms with E-state index in [4.69, 9.17) is 4.74 Å². The van der Waals surface area contributed by atoms with E-state index in [1.807, 2.05) is 20.8 Å². The van der Waals surface area contributed by atoms with Crippen LogP contribution in [0.2, 0.25) is 0 Å². The minimum atomic E-state index is -1.03. The predicted molar refractivity (Wildman–Crippen MR) is 92.4 cm³/mol. The van der Waals surface area contributed by atoms with Gasteiger partial charge in [-0.15, -0.1) is 0 Å². The van der Waals surface area contributed by atoms with Crippen LogP contribution in [0.1, 0.15) is 40.5 Å². The smallest absolute Gasteiger partial charge is 0.407 e. The topological polar surface area (TPSA) is 79.5 Å². The van der Waals surface area contributed by atoms with Crippen molar-refractivity contribution in [2.24, 2.45) is 17.8 Å². The first-order chi connectivity index (χ1) is 10.8.